The Morgan fingerprint density at radius 1 is 1.35 bits per heavy atom. The Bertz CT molecular complexity index is 635. The van der Waals surface area contributed by atoms with Gasteiger partial charge in [0.2, 0.25) is 5.91 Å². The fraction of sp³-hybridized carbons (Fsp3) is 0.600. The molecule has 0 radical (unpaired) electrons. The van der Waals surface area contributed by atoms with E-state index in [0.717, 1.165) is 12.8 Å². The average molecular weight is 378 g/mol. The fourth-order valence-electron chi connectivity index (χ4n) is 3.13. The van der Waals surface area contributed by atoms with E-state index < -0.39 is 0 Å². The average Bonchev–Trinajstić information content (AvgIpc) is 2.90. The Hall–Kier alpha value is -1.69. The van der Waals surface area contributed by atoms with Gasteiger partial charge in [-0.1, -0.05) is 31.2 Å². The third-order valence-electron chi connectivity index (χ3n) is 4.61. The van der Waals surface area contributed by atoms with Crippen LogP contribution in [0.5, 0.6) is 0 Å². The van der Waals surface area contributed by atoms with E-state index in [1.54, 1.807) is 23.7 Å². The molecule has 1 aromatic carbocycles. The molecule has 0 saturated carbocycles. The van der Waals surface area contributed by atoms with Crippen LogP contribution in [0.15, 0.2) is 24.3 Å². The summed E-state index contributed by atoms with van der Waals surface area (Å²) in [6.45, 7) is 9.36. The molecule has 1 aliphatic heterocycles. The quantitative estimate of drug-likeness (QED) is 0.787. The molecule has 0 spiro atoms. The van der Waals surface area contributed by atoms with Crippen LogP contribution < -0.4 is 5.32 Å². The first-order valence-electron chi connectivity index (χ1n) is 9.38. The van der Waals surface area contributed by atoms with Gasteiger partial charge >= 0.3 is 6.03 Å². The number of thioether (sulfide) groups is 1. The van der Waals surface area contributed by atoms with Gasteiger partial charge in [0, 0.05) is 26.2 Å². The highest BCUT2D eigenvalue weighted by molar-refractivity contribution is 8.01. The fourth-order valence-corrected chi connectivity index (χ4v) is 4.65. The smallest absolute Gasteiger partial charge is 0.317 e. The number of nitrogens with zero attached hydrogens (tertiary/aromatic N) is 2. The van der Waals surface area contributed by atoms with Gasteiger partial charge in [-0.15, -0.1) is 11.8 Å². The van der Waals surface area contributed by atoms with Crippen LogP contribution in [-0.2, 0) is 4.79 Å². The first-order valence-corrected chi connectivity index (χ1v) is 10.3. The number of carbonyl (C=O) groups excluding carboxylic acids is 2. The van der Waals surface area contributed by atoms with Crippen molar-refractivity contribution in [2.24, 2.45) is 0 Å². The van der Waals surface area contributed by atoms with Crippen molar-refractivity contribution in [3.8, 4) is 0 Å². The highest BCUT2D eigenvalue weighted by Gasteiger charge is 2.40. The lowest BCUT2D eigenvalue weighted by atomic mass is 10.1. The minimum absolute atomic E-state index is 0.0292. The molecule has 144 valence electrons. The topological polar surface area (TPSA) is 52.6 Å². The summed E-state index contributed by atoms with van der Waals surface area (Å²) in [6, 6.07) is 8.34. The number of hydrogen-bond donors (Lipinski definition) is 1. The van der Waals surface area contributed by atoms with Crippen molar-refractivity contribution in [1.82, 2.24) is 15.1 Å². The van der Waals surface area contributed by atoms with Gasteiger partial charge in [-0.3, -0.25) is 4.79 Å². The minimum Gasteiger partial charge on any atom is -0.336 e. The normalized spacial score (nSPS) is 19.9. The number of urea groups is 1. The Morgan fingerprint density at radius 3 is 2.65 bits per heavy atom. The first-order chi connectivity index (χ1) is 12.3. The van der Waals surface area contributed by atoms with Crippen LogP contribution in [0.2, 0.25) is 0 Å². The maximum atomic E-state index is 12.8. The second-order valence-electron chi connectivity index (χ2n) is 7.15. The highest BCUT2D eigenvalue weighted by atomic mass is 32.2. The molecular formula is C20H31N3O2S. The van der Waals surface area contributed by atoms with Crippen LogP contribution in [0.1, 0.15) is 50.1 Å². The lowest BCUT2D eigenvalue weighted by molar-refractivity contribution is -0.130. The third-order valence-corrected chi connectivity index (χ3v) is 6.24. The molecule has 5 nitrogen and oxygen atoms in total. The van der Waals surface area contributed by atoms with Gasteiger partial charge in [0.05, 0.1) is 5.25 Å². The second kappa shape index (κ2) is 9.31. The maximum absolute atomic E-state index is 12.8. The van der Waals surface area contributed by atoms with Gasteiger partial charge in [0.15, 0.2) is 0 Å². The second-order valence-corrected chi connectivity index (χ2v) is 8.44. The molecule has 3 amide bonds. The number of carbonyl (C=O) groups is 2. The molecule has 1 heterocycles. The van der Waals surface area contributed by atoms with Gasteiger partial charge in [-0.25, -0.2) is 4.79 Å². The summed E-state index contributed by atoms with van der Waals surface area (Å²) in [5.41, 5.74) is 2.43. The minimum atomic E-state index is -0.0657. The van der Waals surface area contributed by atoms with E-state index in [-0.39, 0.29) is 28.6 Å². The Kier molecular flexibility index (Phi) is 7.38. The molecular weight excluding hydrogens is 346 g/mol. The zero-order valence-corrected chi connectivity index (χ0v) is 17.3. The molecule has 0 bridgehead atoms. The van der Waals surface area contributed by atoms with Crippen LogP contribution in [0.25, 0.3) is 0 Å². The van der Waals surface area contributed by atoms with E-state index in [9.17, 15) is 9.59 Å². The Labute approximate surface area is 161 Å². The molecule has 0 aliphatic carbocycles. The summed E-state index contributed by atoms with van der Waals surface area (Å²) in [7, 11) is 1.80. The molecule has 2 atom stereocenters. The Morgan fingerprint density at radius 2 is 2.04 bits per heavy atom. The summed E-state index contributed by atoms with van der Waals surface area (Å²) >= 11 is 1.75. The molecule has 2 rings (SSSR count). The standard InChI is InChI=1S/C20H31N3O2S/c1-6-17-18(24)23(13-9-12-22(5)20(25)21-14(2)3)19(26-17)16-11-8-7-10-15(16)4/h7-8,10-11,14,17,19H,6,9,12-13H2,1-5H3,(H,21,25)/t17-,19+/m1/s1. The monoisotopic (exact) mass is 377 g/mol. The summed E-state index contributed by atoms with van der Waals surface area (Å²) in [4.78, 5) is 28.5. The summed E-state index contributed by atoms with van der Waals surface area (Å²) in [5, 5.41) is 2.99. The SMILES string of the molecule is CC[C@H]1S[C@@H](c2ccccc2C)N(CCCN(C)C(=O)NC(C)C)C1=O. The maximum Gasteiger partial charge on any atom is 0.317 e. The van der Waals surface area contributed by atoms with E-state index in [1.807, 2.05) is 30.9 Å². The van der Waals surface area contributed by atoms with E-state index >= 15 is 0 Å². The van der Waals surface area contributed by atoms with Crippen LogP contribution in [0, 0.1) is 6.92 Å². The molecule has 1 N–H and O–H groups in total. The van der Waals surface area contributed by atoms with Crippen molar-refractivity contribution < 1.29 is 9.59 Å². The number of aryl methyl sites for hydroxylation is 1. The van der Waals surface area contributed by atoms with E-state index in [2.05, 4.69) is 31.3 Å². The number of hydrogen-bond acceptors (Lipinski definition) is 3. The van der Waals surface area contributed by atoms with Gasteiger partial charge in [-0.05, 0) is 44.7 Å². The van der Waals surface area contributed by atoms with Crippen molar-refractivity contribution in [3.63, 3.8) is 0 Å². The molecule has 1 saturated heterocycles. The van der Waals surface area contributed by atoms with Crippen molar-refractivity contribution >= 4 is 23.7 Å². The van der Waals surface area contributed by atoms with E-state index in [4.69, 9.17) is 0 Å². The van der Waals surface area contributed by atoms with Crippen LogP contribution in [0.3, 0.4) is 0 Å². The third kappa shape index (κ3) is 4.93. The largest absolute Gasteiger partial charge is 0.336 e. The van der Waals surface area contributed by atoms with Crippen LogP contribution in [-0.4, -0.2) is 53.2 Å². The molecule has 0 aromatic heterocycles. The van der Waals surface area contributed by atoms with Crippen molar-refractivity contribution in [3.05, 3.63) is 35.4 Å². The molecule has 0 unspecified atom stereocenters. The van der Waals surface area contributed by atoms with E-state index in [1.165, 1.54) is 11.1 Å². The lowest BCUT2D eigenvalue weighted by Gasteiger charge is -2.26. The summed E-state index contributed by atoms with van der Waals surface area (Å²) < 4.78 is 0. The van der Waals surface area contributed by atoms with Crippen molar-refractivity contribution in [1.29, 1.82) is 0 Å². The molecule has 1 aliphatic rings. The predicted molar refractivity (Wildman–Crippen MR) is 108 cm³/mol. The lowest BCUT2D eigenvalue weighted by Crippen LogP contribution is -2.42. The molecule has 1 fully saturated rings. The van der Waals surface area contributed by atoms with Crippen molar-refractivity contribution in [2.45, 2.75) is 57.2 Å². The predicted octanol–water partition coefficient (Wildman–Crippen LogP) is 3.79. The molecule has 6 heteroatoms. The van der Waals surface area contributed by atoms with Gasteiger partial charge in [0.25, 0.3) is 0 Å². The first kappa shape index (κ1) is 20.6. The number of nitrogens with one attached hydrogen (secondary N) is 1. The zero-order chi connectivity index (χ0) is 19.3. The summed E-state index contributed by atoms with van der Waals surface area (Å²) in [5.74, 6) is 0.222. The van der Waals surface area contributed by atoms with Crippen LogP contribution in [0.4, 0.5) is 4.79 Å². The van der Waals surface area contributed by atoms with Gasteiger partial charge < -0.3 is 15.1 Å². The number of benzene rings is 1. The number of rotatable bonds is 7. The van der Waals surface area contributed by atoms with Crippen LogP contribution >= 0.6 is 11.8 Å². The summed E-state index contributed by atoms with van der Waals surface area (Å²) in [6.07, 6.45) is 1.62. The molecule has 1 aromatic rings. The van der Waals surface area contributed by atoms with Gasteiger partial charge in [0.1, 0.15) is 5.37 Å². The van der Waals surface area contributed by atoms with Crippen molar-refractivity contribution in [2.75, 3.05) is 20.1 Å². The highest BCUT2D eigenvalue weighted by Crippen LogP contribution is 2.45. The molecule has 26 heavy (non-hydrogen) atoms. The van der Waals surface area contributed by atoms with E-state index in [0.29, 0.717) is 13.1 Å². The Balaban J connectivity index is 2.01. The number of amides is 3. The zero-order valence-electron chi connectivity index (χ0n) is 16.5. The van der Waals surface area contributed by atoms with Gasteiger partial charge in [-0.2, -0.15) is 0 Å².